The average molecular weight is 135 g/mol. The highest BCUT2D eigenvalue weighted by atomic mass is 16.1. The van der Waals surface area contributed by atoms with Gasteiger partial charge in [-0.1, -0.05) is 12.5 Å². The third kappa shape index (κ3) is 4.70. The minimum absolute atomic E-state index is 0.210. The first-order valence-corrected chi connectivity index (χ1v) is 2.84. The lowest BCUT2D eigenvalue weighted by Gasteiger charge is -1.90. The minimum Gasteiger partial charge on any atom is -0.341 e. The van der Waals surface area contributed by atoms with Crippen LogP contribution in [-0.4, -0.2) is 12.5 Å². The van der Waals surface area contributed by atoms with E-state index in [9.17, 15) is 4.79 Å². The molecule has 10 heavy (non-hydrogen) atoms. The van der Waals surface area contributed by atoms with Crippen molar-refractivity contribution in [1.29, 1.82) is 0 Å². The van der Waals surface area contributed by atoms with E-state index in [-0.39, 0.29) is 5.91 Å². The van der Waals surface area contributed by atoms with Gasteiger partial charge in [0.15, 0.2) is 0 Å². The van der Waals surface area contributed by atoms with E-state index in [0.29, 0.717) is 6.54 Å². The topological polar surface area (TPSA) is 29.1 Å². The summed E-state index contributed by atoms with van der Waals surface area (Å²) in [6, 6.07) is 0. The molecule has 52 valence electrons. The normalized spacial score (nSPS) is 6.50. The van der Waals surface area contributed by atoms with Gasteiger partial charge in [0.2, 0.25) is 0 Å². The summed E-state index contributed by atoms with van der Waals surface area (Å²) in [5, 5.41) is 2.51. The van der Waals surface area contributed by atoms with Gasteiger partial charge in [-0.15, -0.1) is 11.7 Å². The van der Waals surface area contributed by atoms with Crippen LogP contribution in [0.4, 0.5) is 0 Å². The fourth-order valence-corrected chi connectivity index (χ4v) is 0.363. The van der Waals surface area contributed by atoms with Crippen molar-refractivity contribution in [3.63, 3.8) is 0 Å². The van der Waals surface area contributed by atoms with Crippen molar-refractivity contribution < 1.29 is 4.79 Å². The molecule has 0 aliphatic carbocycles. The number of amides is 1. The van der Waals surface area contributed by atoms with E-state index in [1.54, 1.807) is 6.92 Å². The maximum absolute atomic E-state index is 10.6. The molecule has 0 atom stereocenters. The molecule has 2 nitrogen and oxygen atoms in total. The first-order chi connectivity index (χ1) is 4.81. The van der Waals surface area contributed by atoms with Crippen LogP contribution < -0.4 is 5.32 Å². The van der Waals surface area contributed by atoms with E-state index in [2.05, 4.69) is 29.5 Å². The highest BCUT2D eigenvalue weighted by molar-refractivity contribution is 5.87. The SMILES string of the molecule is C=C=CC(=O)NCC#CC. The van der Waals surface area contributed by atoms with Crippen molar-refractivity contribution >= 4 is 5.91 Å². The maximum atomic E-state index is 10.6. The maximum Gasteiger partial charge on any atom is 0.252 e. The van der Waals surface area contributed by atoms with Crippen molar-refractivity contribution in [1.82, 2.24) is 5.32 Å². The number of hydrogen-bond acceptors (Lipinski definition) is 1. The Kier molecular flexibility index (Phi) is 4.86. The van der Waals surface area contributed by atoms with Crippen molar-refractivity contribution in [2.75, 3.05) is 6.54 Å². The predicted octanol–water partition coefficient (Wildman–Crippen LogP) is 0.467. The second kappa shape index (κ2) is 5.68. The Hall–Kier alpha value is -1.45. The number of rotatable bonds is 2. The van der Waals surface area contributed by atoms with E-state index < -0.39 is 0 Å². The third-order valence-corrected chi connectivity index (χ3v) is 0.761. The fraction of sp³-hybridized carbons (Fsp3) is 0.250. The zero-order valence-electron chi connectivity index (χ0n) is 5.90. The lowest BCUT2D eigenvalue weighted by Crippen LogP contribution is -2.20. The van der Waals surface area contributed by atoms with Gasteiger partial charge in [-0.3, -0.25) is 4.79 Å². The Bertz CT molecular complexity index is 213. The van der Waals surface area contributed by atoms with Crippen molar-refractivity contribution in [2.24, 2.45) is 0 Å². The summed E-state index contributed by atoms with van der Waals surface area (Å²) >= 11 is 0. The van der Waals surface area contributed by atoms with Crippen LogP contribution in [0.1, 0.15) is 6.92 Å². The molecule has 0 fully saturated rings. The molecule has 0 heterocycles. The van der Waals surface area contributed by atoms with Gasteiger partial charge >= 0.3 is 0 Å². The molecule has 2 heteroatoms. The van der Waals surface area contributed by atoms with Gasteiger partial charge in [-0.25, -0.2) is 0 Å². The summed E-state index contributed by atoms with van der Waals surface area (Å²) in [5.74, 6) is 5.13. The summed E-state index contributed by atoms with van der Waals surface area (Å²) < 4.78 is 0. The Balaban J connectivity index is 3.56. The fourth-order valence-electron chi connectivity index (χ4n) is 0.363. The predicted molar refractivity (Wildman–Crippen MR) is 40.2 cm³/mol. The Morgan fingerprint density at radius 2 is 2.50 bits per heavy atom. The molecule has 0 radical (unpaired) electrons. The first-order valence-electron chi connectivity index (χ1n) is 2.84. The second-order valence-corrected chi connectivity index (χ2v) is 1.49. The molecule has 1 amide bonds. The lowest BCUT2D eigenvalue weighted by molar-refractivity contribution is -0.116. The molecule has 0 aliphatic heterocycles. The summed E-state index contributed by atoms with van der Waals surface area (Å²) in [7, 11) is 0. The first kappa shape index (κ1) is 8.55. The molecule has 0 aliphatic rings. The highest BCUT2D eigenvalue weighted by Crippen LogP contribution is 1.65. The minimum atomic E-state index is -0.210. The van der Waals surface area contributed by atoms with Crippen LogP contribution in [0.2, 0.25) is 0 Å². The van der Waals surface area contributed by atoms with Gasteiger partial charge in [-0.05, 0) is 6.92 Å². The highest BCUT2D eigenvalue weighted by Gasteiger charge is 1.87. The summed E-state index contributed by atoms with van der Waals surface area (Å²) in [6.45, 7) is 5.35. The zero-order valence-corrected chi connectivity index (χ0v) is 5.90. The van der Waals surface area contributed by atoms with Crippen LogP contribution in [0.5, 0.6) is 0 Å². The molecule has 0 aromatic heterocycles. The van der Waals surface area contributed by atoms with E-state index in [4.69, 9.17) is 0 Å². The van der Waals surface area contributed by atoms with Gasteiger partial charge in [0.25, 0.3) is 5.91 Å². The molecule has 0 saturated carbocycles. The van der Waals surface area contributed by atoms with Crippen LogP contribution in [0.15, 0.2) is 18.4 Å². The van der Waals surface area contributed by atoms with E-state index in [0.717, 1.165) is 0 Å². The monoisotopic (exact) mass is 135 g/mol. The van der Waals surface area contributed by atoms with Gasteiger partial charge in [0.1, 0.15) is 0 Å². The largest absolute Gasteiger partial charge is 0.341 e. The van der Waals surface area contributed by atoms with Gasteiger partial charge in [-0.2, -0.15) is 0 Å². The second-order valence-electron chi connectivity index (χ2n) is 1.49. The summed E-state index contributed by atoms with van der Waals surface area (Å²) in [5.41, 5.74) is 2.36. The quantitative estimate of drug-likeness (QED) is 0.333. The lowest BCUT2D eigenvalue weighted by atomic mass is 10.5. The Morgan fingerprint density at radius 3 is 3.00 bits per heavy atom. The van der Waals surface area contributed by atoms with Gasteiger partial charge < -0.3 is 5.32 Å². The Morgan fingerprint density at radius 1 is 1.80 bits per heavy atom. The molecule has 0 aromatic rings. The number of nitrogens with one attached hydrogen (secondary N) is 1. The molecule has 0 saturated heterocycles. The standard InChI is InChI=1S/C8H9NO/c1-3-5-7-9-8(10)6-4-2/h6H,2,7H2,1H3,(H,9,10). The van der Waals surface area contributed by atoms with Crippen LogP contribution in [-0.2, 0) is 4.79 Å². The number of carbonyl (C=O) groups is 1. The van der Waals surface area contributed by atoms with Crippen molar-refractivity contribution in [2.45, 2.75) is 6.92 Å². The zero-order chi connectivity index (χ0) is 7.82. The smallest absolute Gasteiger partial charge is 0.252 e. The van der Waals surface area contributed by atoms with E-state index in [1.165, 1.54) is 6.08 Å². The van der Waals surface area contributed by atoms with Crippen molar-refractivity contribution in [3.05, 3.63) is 18.4 Å². The molecule has 0 bridgehead atoms. The van der Waals surface area contributed by atoms with E-state index >= 15 is 0 Å². The molecular weight excluding hydrogens is 126 g/mol. The molecule has 0 unspecified atom stereocenters. The number of hydrogen-bond donors (Lipinski definition) is 1. The molecule has 0 spiro atoms. The van der Waals surface area contributed by atoms with E-state index in [1.807, 2.05) is 0 Å². The van der Waals surface area contributed by atoms with Crippen molar-refractivity contribution in [3.8, 4) is 11.8 Å². The molecule has 1 N–H and O–H groups in total. The van der Waals surface area contributed by atoms with Gasteiger partial charge in [0.05, 0.1) is 6.54 Å². The van der Waals surface area contributed by atoms with Crippen LogP contribution in [0.3, 0.4) is 0 Å². The molecule has 0 rings (SSSR count). The van der Waals surface area contributed by atoms with Gasteiger partial charge in [0, 0.05) is 6.08 Å². The summed E-state index contributed by atoms with van der Waals surface area (Å²) in [4.78, 5) is 10.6. The summed E-state index contributed by atoms with van der Waals surface area (Å²) in [6.07, 6.45) is 1.23. The third-order valence-electron chi connectivity index (χ3n) is 0.761. The van der Waals surface area contributed by atoms with Crippen LogP contribution in [0.25, 0.3) is 0 Å². The average Bonchev–Trinajstić information content (AvgIpc) is 1.89. The van der Waals surface area contributed by atoms with Crippen LogP contribution >= 0.6 is 0 Å². The molecular formula is C8H9NO. The number of carbonyl (C=O) groups excluding carboxylic acids is 1. The Labute approximate surface area is 60.6 Å². The van der Waals surface area contributed by atoms with Crippen LogP contribution in [0, 0.1) is 11.8 Å². The molecule has 0 aromatic carbocycles.